The molecule has 2 N–H and O–H groups in total. The largest absolute Gasteiger partial charge is 0.391 e. The van der Waals surface area contributed by atoms with Crippen molar-refractivity contribution >= 4 is 16.8 Å². The van der Waals surface area contributed by atoms with Crippen LogP contribution in [0.4, 0.5) is 0 Å². The molecule has 0 fully saturated rings. The molecule has 124 valence electrons. The van der Waals surface area contributed by atoms with E-state index >= 15 is 0 Å². The lowest BCUT2D eigenvalue weighted by atomic mass is 10.0. The van der Waals surface area contributed by atoms with Crippen molar-refractivity contribution < 1.29 is 9.90 Å². The monoisotopic (exact) mass is 317 g/mol. The Balaban J connectivity index is 2.09. The molecule has 1 aromatic heterocycles. The first kappa shape index (κ1) is 17.1. The maximum Gasteiger partial charge on any atom is 0.261 e. The van der Waals surface area contributed by atoms with Gasteiger partial charge in [-0.2, -0.15) is 0 Å². The summed E-state index contributed by atoms with van der Waals surface area (Å²) in [5.41, 5.74) is 1.34. The maximum absolute atomic E-state index is 12.4. The van der Waals surface area contributed by atoms with Crippen molar-refractivity contribution in [1.29, 1.82) is 0 Å². The molecular formula is C17H23N3O3. The molecule has 2 aromatic rings. The van der Waals surface area contributed by atoms with Crippen LogP contribution in [0.5, 0.6) is 0 Å². The summed E-state index contributed by atoms with van der Waals surface area (Å²) in [5.74, 6) is -0.202. The second-order valence-corrected chi connectivity index (χ2v) is 5.91. The number of hydrogen-bond donors (Lipinski definition) is 2. The van der Waals surface area contributed by atoms with Crippen LogP contribution in [-0.4, -0.2) is 33.2 Å². The van der Waals surface area contributed by atoms with Crippen molar-refractivity contribution in [3.05, 3.63) is 40.4 Å². The van der Waals surface area contributed by atoms with Crippen LogP contribution in [0.2, 0.25) is 0 Å². The Hall–Kier alpha value is -2.21. The summed E-state index contributed by atoms with van der Waals surface area (Å²) >= 11 is 0. The summed E-state index contributed by atoms with van der Waals surface area (Å²) in [6, 6.07) is 5.40. The van der Waals surface area contributed by atoms with E-state index in [0.717, 1.165) is 12.0 Å². The number of fused-ring (bicyclic) bond motifs is 1. The second-order valence-electron chi connectivity index (χ2n) is 5.91. The van der Waals surface area contributed by atoms with Crippen LogP contribution in [0.25, 0.3) is 10.9 Å². The number of aliphatic hydroxyl groups is 1. The topological polar surface area (TPSA) is 84.2 Å². The number of carbonyl (C=O) groups excluding carboxylic acids is 1. The van der Waals surface area contributed by atoms with Crippen LogP contribution in [-0.2, 0) is 11.3 Å². The summed E-state index contributed by atoms with van der Waals surface area (Å²) in [4.78, 5) is 28.6. The van der Waals surface area contributed by atoms with E-state index in [9.17, 15) is 14.7 Å². The fourth-order valence-corrected chi connectivity index (χ4v) is 2.35. The molecule has 0 bridgehead atoms. The molecule has 6 nitrogen and oxygen atoms in total. The Morgan fingerprint density at radius 1 is 1.43 bits per heavy atom. The summed E-state index contributed by atoms with van der Waals surface area (Å²) in [7, 11) is 0. The number of nitrogens with one attached hydrogen (secondary N) is 1. The van der Waals surface area contributed by atoms with Crippen molar-refractivity contribution in [2.75, 3.05) is 6.54 Å². The minimum atomic E-state index is -0.585. The lowest BCUT2D eigenvalue weighted by Gasteiger charge is -2.17. The van der Waals surface area contributed by atoms with Crippen molar-refractivity contribution in [2.45, 2.75) is 39.8 Å². The molecule has 23 heavy (non-hydrogen) atoms. The lowest BCUT2D eigenvalue weighted by Crippen LogP contribution is -2.38. The van der Waals surface area contributed by atoms with Gasteiger partial charge in [0.25, 0.3) is 5.56 Å². The Morgan fingerprint density at radius 3 is 2.87 bits per heavy atom. The van der Waals surface area contributed by atoms with Gasteiger partial charge in [0.05, 0.1) is 23.3 Å². The van der Waals surface area contributed by atoms with Gasteiger partial charge in [-0.25, -0.2) is 4.98 Å². The van der Waals surface area contributed by atoms with Gasteiger partial charge in [0.15, 0.2) is 0 Å². The number of para-hydroxylation sites is 1. The Morgan fingerprint density at radius 2 is 2.17 bits per heavy atom. The van der Waals surface area contributed by atoms with Gasteiger partial charge < -0.3 is 10.4 Å². The molecule has 0 saturated heterocycles. The third-order valence-corrected chi connectivity index (χ3v) is 4.18. The van der Waals surface area contributed by atoms with Crippen LogP contribution in [0.15, 0.2) is 29.3 Å². The van der Waals surface area contributed by atoms with E-state index in [4.69, 9.17) is 0 Å². The van der Waals surface area contributed by atoms with Gasteiger partial charge in [0.1, 0.15) is 6.54 Å². The highest BCUT2D eigenvalue weighted by Gasteiger charge is 2.14. The fourth-order valence-electron chi connectivity index (χ4n) is 2.35. The molecule has 0 aliphatic heterocycles. The van der Waals surface area contributed by atoms with E-state index < -0.39 is 6.10 Å². The van der Waals surface area contributed by atoms with Gasteiger partial charge in [0, 0.05) is 6.54 Å². The minimum absolute atomic E-state index is 0.108. The summed E-state index contributed by atoms with van der Waals surface area (Å²) in [6.07, 6.45) is 1.64. The van der Waals surface area contributed by atoms with Crippen molar-refractivity contribution in [3.8, 4) is 0 Å². The smallest absolute Gasteiger partial charge is 0.261 e. The number of aliphatic hydroxyl groups excluding tert-OH is 1. The Kier molecular flexibility index (Phi) is 5.50. The zero-order valence-corrected chi connectivity index (χ0v) is 13.7. The SMILES string of the molecule is CCC(C)C(O)CNC(=O)Cn1cnc2c(C)cccc2c1=O. The molecule has 2 rings (SSSR count). The van der Waals surface area contributed by atoms with E-state index in [0.29, 0.717) is 10.9 Å². The average molecular weight is 317 g/mol. The number of hydrogen-bond acceptors (Lipinski definition) is 4. The lowest BCUT2D eigenvalue weighted by molar-refractivity contribution is -0.122. The van der Waals surface area contributed by atoms with Crippen molar-refractivity contribution in [1.82, 2.24) is 14.9 Å². The summed E-state index contributed by atoms with van der Waals surface area (Å²) < 4.78 is 1.28. The molecule has 2 unspecified atom stereocenters. The number of aryl methyl sites for hydroxylation is 1. The quantitative estimate of drug-likeness (QED) is 0.839. The number of amides is 1. The molecule has 2 atom stereocenters. The van der Waals surface area contributed by atoms with E-state index in [1.807, 2.05) is 26.8 Å². The van der Waals surface area contributed by atoms with E-state index in [1.54, 1.807) is 12.1 Å². The predicted molar refractivity (Wildman–Crippen MR) is 89.2 cm³/mol. The number of benzene rings is 1. The van der Waals surface area contributed by atoms with E-state index in [1.165, 1.54) is 10.9 Å². The van der Waals surface area contributed by atoms with Gasteiger partial charge >= 0.3 is 0 Å². The molecular weight excluding hydrogens is 294 g/mol. The molecule has 0 saturated carbocycles. The molecule has 1 amide bonds. The zero-order valence-electron chi connectivity index (χ0n) is 13.7. The molecule has 1 heterocycles. The molecule has 0 spiro atoms. The van der Waals surface area contributed by atoms with Gasteiger partial charge in [0.2, 0.25) is 5.91 Å². The van der Waals surface area contributed by atoms with Crippen molar-refractivity contribution in [2.24, 2.45) is 5.92 Å². The van der Waals surface area contributed by atoms with Crippen LogP contribution >= 0.6 is 0 Å². The van der Waals surface area contributed by atoms with Gasteiger partial charge in [-0.05, 0) is 24.5 Å². The Bertz CT molecular complexity index is 754. The normalized spacial score (nSPS) is 13.7. The molecule has 1 aromatic carbocycles. The standard InChI is InChI=1S/C17H23N3O3/c1-4-11(2)14(21)8-18-15(22)9-20-10-19-16-12(3)6-5-7-13(16)17(20)23/h5-7,10-11,14,21H,4,8-9H2,1-3H3,(H,18,22). The first-order valence-corrected chi connectivity index (χ1v) is 7.83. The zero-order chi connectivity index (χ0) is 17.0. The highest BCUT2D eigenvalue weighted by molar-refractivity contribution is 5.81. The fraction of sp³-hybridized carbons (Fsp3) is 0.471. The maximum atomic E-state index is 12.4. The average Bonchev–Trinajstić information content (AvgIpc) is 2.55. The number of rotatable bonds is 6. The Labute approximate surface area is 135 Å². The van der Waals surface area contributed by atoms with E-state index in [-0.39, 0.29) is 30.5 Å². The number of carbonyl (C=O) groups is 1. The summed E-state index contributed by atoms with van der Waals surface area (Å²) in [6.45, 7) is 5.88. The molecule has 6 heteroatoms. The second kappa shape index (κ2) is 7.37. The first-order valence-electron chi connectivity index (χ1n) is 7.83. The van der Waals surface area contributed by atoms with Crippen LogP contribution < -0.4 is 10.9 Å². The van der Waals surface area contributed by atoms with Gasteiger partial charge in [-0.1, -0.05) is 32.4 Å². The highest BCUT2D eigenvalue weighted by atomic mass is 16.3. The minimum Gasteiger partial charge on any atom is -0.391 e. The molecule has 0 aliphatic carbocycles. The third-order valence-electron chi connectivity index (χ3n) is 4.18. The van der Waals surface area contributed by atoms with Gasteiger partial charge in [-0.3, -0.25) is 14.2 Å². The molecule has 0 aliphatic rings. The van der Waals surface area contributed by atoms with E-state index in [2.05, 4.69) is 10.3 Å². The number of aromatic nitrogens is 2. The van der Waals surface area contributed by atoms with Crippen molar-refractivity contribution in [3.63, 3.8) is 0 Å². The predicted octanol–water partition coefficient (Wildman–Crippen LogP) is 1.23. The number of nitrogens with zero attached hydrogens (tertiary/aromatic N) is 2. The van der Waals surface area contributed by atoms with Gasteiger partial charge in [-0.15, -0.1) is 0 Å². The first-order chi connectivity index (χ1) is 10.9. The van der Waals surface area contributed by atoms with Crippen LogP contribution in [0, 0.1) is 12.8 Å². The highest BCUT2D eigenvalue weighted by Crippen LogP contribution is 2.11. The summed E-state index contributed by atoms with van der Waals surface area (Å²) in [5, 5.41) is 13.0. The third kappa shape index (κ3) is 3.96. The molecule has 0 radical (unpaired) electrons. The van der Waals surface area contributed by atoms with Crippen LogP contribution in [0.3, 0.4) is 0 Å². The van der Waals surface area contributed by atoms with Crippen LogP contribution in [0.1, 0.15) is 25.8 Å².